The second-order valence-corrected chi connectivity index (χ2v) is 7.01. The Balaban J connectivity index is 1.86. The molecule has 0 saturated carbocycles. The zero-order chi connectivity index (χ0) is 15.3. The van der Waals surface area contributed by atoms with E-state index in [0.717, 1.165) is 22.7 Å². The van der Waals surface area contributed by atoms with E-state index >= 15 is 0 Å². The first-order chi connectivity index (χ1) is 10.7. The molecule has 0 radical (unpaired) electrons. The van der Waals surface area contributed by atoms with Crippen LogP contribution in [-0.2, 0) is 0 Å². The fourth-order valence-corrected chi connectivity index (χ4v) is 4.31. The Morgan fingerprint density at radius 1 is 0.909 bits per heavy atom. The molecule has 2 aromatic rings. The maximum Gasteiger partial charge on any atom is 0.0645 e. The van der Waals surface area contributed by atoms with Gasteiger partial charge in [0.1, 0.15) is 0 Å². The molecule has 2 aliphatic rings. The highest BCUT2D eigenvalue weighted by Gasteiger charge is 2.39. The van der Waals surface area contributed by atoms with Gasteiger partial charge < -0.3 is 5.32 Å². The molecule has 2 aromatic carbocycles. The molecule has 0 saturated heterocycles. The number of benzene rings is 2. The standard InChI is InChI=1S/C18H14Cl3N/c19-14-8-3-7-13(16(14)21)17-11-5-1-4-10(11)12-6-2-9-15(20)18(12)22-17/h1-4,6-11,17,22H,5H2/t10-,11+,17-/m0/s1. The molecule has 1 aliphatic heterocycles. The van der Waals surface area contributed by atoms with E-state index in [1.165, 1.54) is 5.56 Å². The molecule has 3 atom stereocenters. The van der Waals surface area contributed by atoms with E-state index < -0.39 is 0 Å². The lowest BCUT2D eigenvalue weighted by atomic mass is 9.77. The summed E-state index contributed by atoms with van der Waals surface area (Å²) in [6.07, 6.45) is 5.56. The summed E-state index contributed by atoms with van der Waals surface area (Å²) in [4.78, 5) is 0. The zero-order valence-electron chi connectivity index (χ0n) is 11.7. The molecule has 4 heteroatoms. The van der Waals surface area contributed by atoms with Gasteiger partial charge in [0.05, 0.1) is 26.8 Å². The number of halogens is 3. The molecule has 0 spiro atoms. The maximum absolute atomic E-state index is 6.46. The SMILES string of the molecule is Clc1cccc([C@H]2Nc3c(Cl)cccc3[C@H]3C=CC[C@H]32)c1Cl. The van der Waals surface area contributed by atoms with Gasteiger partial charge in [0.2, 0.25) is 0 Å². The van der Waals surface area contributed by atoms with Crippen molar-refractivity contribution in [3.05, 3.63) is 74.7 Å². The molecule has 0 unspecified atom stereocenters. The first-order valence-corrected chi connectivity index (χ1v) is 8.45. The van der Waals surface area contributed by atoms with Crippen LogP contribution in [0.4, 0.5) is 5.69 Å². The van der Waals surface area contributed by atoms with Crippen LogP contribution in [0.3, 0.4) is 0 Å². The summed E-state index contributed by atoms with van der Waals surface area (Å²) in [6.45, 7) is 0. The van der Waals surface area contributed by atoms with Crippen LogP contribution >= 0.6 is 34.8 Å². The van der Waals surface area contributed by atoms with Crippen molar-refractivity contribution >= 4 is 40.5 Å². The summed E-state index contributed by atoms with van der Waals surface area (Å²) in [5, 5.41) is 5.57. The van der Waals surface area contributed by atoms with E-state index in [-0.39, 0.29) is 6.04 Å². The molecule has 1 N–H and O–H groups in total. The van der Waals surface area contributed by atoms with Gasteiger partial charge in [-0.25, -0.2) is 0 Å². The van der Waals surface area contributed by atoms with E-state index in [4.69, 9.17) is 34.8 Å². The third-order valence-corrected chi connectivity index (χ3v) is 5.81. The number of nitrogens with one attached hydrogen (secondary N) is 1. The topological polar surface area (TPSA) is 12.0 Å². The smallest absolute Gasteiger partial charge is 0.0645 e. The molecular formula is C18H14Cl3N. The Kier molecular flexibility index (Phi) is 3.60. The van der Waals surface area contributed by atoms with Crippen LogP contribution in [0.15, 0.2) is 48.6 Å². The van der Waals surface area contributed by atoms with Crippen molar-refractivity contribution in [2.75, 3.05) is 5.32 Å². The summed E-state index contributed by atoms with van der Waals surface area (Å²) in [7, 11) is 0. The largest absolute Gasteiger partial charge is 0.376 e. The second-order valence-electron chi connectivity index (χ2n) is 5.82. The highest BCUT2D eigenvalue weighted by atomic mass is 35.5. The van der Waals surface area contributed by atoms with E-state index in [0.29, 0.717) is 21.9 Å². The van der Waals surface area contributed by atoms with Crippen molar-refractivity contribution in [1.29, 1.82) is 0 Å². The van der Waals surface area contributed by atoms with Gasteiger partial charge >= 0.3 is 0 Å². The monoisotopic (exact) mass is 349 g/mol. The number of hydrogen-bond acceptors (Lipinski definition) is 1. The summed E-state index contributed by atoms with van der Waals surface area (Å²) >= 11 is 19.1. The lowest BCUT2D eigenvalue weighted by Crippen LogP contribution is -2.29. The minimum absolute atomic E-state index is 0.110. The lowest BCUT2D eigenvalue weighted by Gasteiger charge is -2.38. The average Bonchev–Trinajstić information content (AvgIpc) is 3.00. The van der Waals surface area contributed by atoms with E-state index in [2.05, 4.69) is 23.5 Å². The zero-order valence-corrected chi connectivity index (χ0v) is 14.0. The Morgan fingerprint density at radius 2 is 1.64 bits per heavy atom. The number of hydrogen-bond donors (Lipinski definition) is 1. The Bertz CT molecular complexity index is 769. The molecule has 0 bridgehead atoms. The third kappa shape index (κ3) is 2.15. The van der Waals surface area contributed by atoms with Gasteiger partial charge in [0.15, 0.2) is 0 Å². The predicted molar refractivity (Wildman–Crippen MR) is 94.3 cm³/mol. The quantitative estimate of drug-likeness (QED) is 0.581. The van der Waals surface area contributed by atoms with Crippen LogP contribution in [0.5, 0.6) is 0 Å². The molecule has 1 nitrogen and oxygen atoms in total. The van der Waals surface area contributed by atoms with Crippen LogP contribution in [0, 0.1) is 5.92 Å². The molecule has 22 heavy (non-hydrogen) atoms. The molecular weight excluding hydrogens is 337 g/mol. The molecule has 1 heterocycles. The van der Waals surface area contributed by atoms with Crippen molar-refractivity contribution in [2.45, 2.75) is 18.4 Å². The molecule has 0 fully saturated rings. The van der Waals surface area contributed by atoms with Crippen molar-refractivity contribution < 1.29 is 0 Å². The minimum atomic E-state index is 0.110. The Labute approximate surface area is 144 Å². The first-order valence-electron chi connectivity index (χ1n) is 7.32. The third-order valence-electron chi connectivity index (χ3n) is 4.66. The van der Waals surface area contributed by atoms with Crippen LogP contribution in [0.2, 0.25) is 15.1 Å². The summed E-state index contributed by atoms with van der Waals surface area (Å²) in [6, 6.07) is 12.0. The number of allylic oxidation sites excluding steroid dienone is 2. The summed E-state index contributed by atoms with van der Waals surface area (Å²) < 4.78 is 0. The van der Waals surface area contributed by atoms with Gasteiger partial charge in [-0.3, -0.25) is 0 Å². The highest BCUT2D eigenvalue weighted by Crippen LogP contribution is 2.52. The van der Waals surface area contributed by atoms with Gasteiger partial charge in [0, 0.05) is 5.92 Å². The Morgan fingerprint density at radius 3 is 2.45 bits per heavy atom. The van der Waals surface area contributed by atoms with Crippen LogP contribution in [0.25, 0.3) is 0 Å². The summed E-state index contributed by atoms with van der Waals surface area (Å²) in [5.41, 5.74) is 3.32. The van der Waals surface area contributed by atoms with E-state index in [1.54, 1.807) is 0 Å². The molecule has 0 amide bonds. The fourth-order valence-electron chi connectivity index (χ4n) is 3.65. The fraction of sp³-hybridized carbons (Fsp3) is 0.222. The van der Waals surface area contributed by atoms with Crippen LogP contribution in [0.1, 0.15) is 29.5 Å². The van der Waals surface area contributed by atoms with E-state index in [1.807, 2.05) is 30.3 Å². The lowest BCUT2D eigenvalue weighted by molar-refractivity contribution is 0.426. The van der Waals surface area contributed by atoms with Crippen LogP contribution < -0.4 is 5.32 Å². The number of para-hydroxylation sites is 1. The predicted octanol–water partition coefficient (Wildman–Crippen LogP) is 6.47. The first kappa shape index (κ1) is 14.4. The second kappa shape index (κ2) is 5.49. The normalized spacial score (nSPS) is 25.5. The summed E-state index contributed by atoms with van der Waals surface area (Å²) in [5.74, 6) is 0.803. The maximum atomic E-state index is 6.46. The van der Waals surface area contributed by atoms with Crippen molar-refractivity contribution in [3.8, 4) is 0 Å². The number of anilines is 1. The van der Waals surface area contributed by atoms with Crippen molar-refractivity contribution in [1.82, 2.24) is 0 Å². The molecule has 112 valence electrons. The van der Waals surface area contributed by atoms with Gasteiger partial charge in [-0.2, -0.15) is 0 Å². The van der Waals surface area contributed by atoms with Crippen molar-refractivity contribution in [3.63, 3.8) is 0 Å². The average molecular weight is 351 g/mol. The van der Waals surface area contributed by atoms with Gasteiger partial charge in [-0.05, 0) is 35.6 Å². The highest BCUT2D eigenvalue weighted by molar-refractivity contribution is 6.42. The number of fused-ring (bicyclic) bond motifs is 3. The van der Waals surface area contributed by atoms with Gasteiger partial charge in [-0.15, -0.1) is 0 Å². The van der Waals surface area contributed by atoms with Gasteiger partial charge in [0.25, 0.3) is 0 Å². The number of rotatable bonds is 1. The molecule has 0 aromatic heterocycles. The van der Waals surface area contributed by atoms with Crippen LogP contribution in [-0.4, -0.2) is 0 Å². The van der Waals surface area contributed by atoms with Crippen molar-refractivity contribution in [2.24, 2.45) is 5.92 Å². The molecule has 4 rings (SSSR count). The Hall–Kier alpha value is -1.15. The van der Waals surface area contributed by atoms with E-state index in [9.17, 15) is 0 Å². The minimum Gasteiger partial charge on any atom is -0.376 e. The van der Waals surface area contributed by atoms with Gasteiger partial charge in [-0.1, -0.05) is 71.2 Å². The molecule has 1 aliphatic carbocycles.